The van der Waals surface area contributed by atoms with Crippen LogP contribution in [0.5, 0.6) is 0 Å². The Morgan fingerprint density at radius 3 is 2.75 bits per heavy atom. The van der Waals surface area contributed by atoms with Gasteiger partial charge in [0.05, 0.1) is 0 Å². The highest BCUT2D eigenvalue weighted by Gasteiger charge is 2.45. The largest absolute Gasteiger partial charge is 0.341 e. The summed E-state index contributed by atoms with van der Waals surface area (Å²) in [6.07, 6.45) is 5.52. The Kier molecular flexibility index (Phi) is 5.09. The van der Waals surface area contributed by atoms with Crippen LogP contribution in [0.1, 0.15) is 43.6 Å². The zero-order valence-electron chi connectivity index (χ0n) is 16.2. The SMILES string of the molecule is O=C(C1NNC2CCCC21)N1CCC(C2NNCC2c2cccc(F)c2)CC1. The minimum Gasteiger partial charge on any atom is -0.341 e. The van der Waals surface area contributed by atoms with Gasteiger partial charge < -0.3 is 4.90 Å². The van der Waals surface area contributed by atoms with E-state index < -0.39 is 0 Å². The molecule has 7 heteroatoms. The van der Waals surface area contributed by atoms with Gasteiger partial charge in [0, 0.05) is 43.6 Å². The van der Waals surface area contributed by atoms with Crippen molar-refractivity contribution in [3.05, 3.63) is 35.6 Å². The molecule has 4 N–H and O–H groups in total. The summed E-state index contributed by atoms with van der Waals surface area (Å²) < 4.78 is 13.7. The van der Waals surface area contributed by atoms with Gasteiger partial charge in [0.25, 0.3) is 0 Å². The van der Waals surface area contributed by atoms with Crippen LogP contribution in [0.15, 0.2) is 24.3 Å². The lowest BCUT2D eigenvalue weighted by molar-refractivity contribution is -0.135. The quantitative estimate of drug-likeness (QED) is 0.629. The number of nitrogens with zero attached hydrogens (tertiary/aromatic N) is 1. The normalized spacial score (nSPS) is 36.0. The monoisotopic (exact) mass is 387 g/mol. The number of rotatable bonds is 3. The van der Waals surface area contributed by atoms with Gasteiger partial charge in [-0.2, -0.15) is 0 Å². The summed E-state index contributed by atoms with van der Waals surface area (Å²) in [4.78, 5) is 15.1. The van der Waals surface area contributed by atoms with E-state index in [1.54, 1.807) is 12.1 Å². The van der Waals surface area contributed by atoms with Crippen molar-refractivity contribution in [2.24, 2.45) is 11.8 Å². The average Bonchev–Trinajstić information content (AvgIpc) is 3.44. The van der Waals surface area contributed by atoms with Crippen molar-refractivity contribution in [1.29, 1.82) is 0 Å². The second kappa shape index (κ2) is 7.71. The molecule has 3 aliphatic heterocycles. The highest BCUT2D eigenvalue weighted by atomic mass is 19.1. The molecule has 152 valence electrons. The molecular formula is C21H30FN5O. The molecule has 5 unspecified atom stereocenters. The van der Waals surface area contributed by atoms with Gasteiger partial charge in [-0.05, 0) is 49.3 Å². The van der Waals surface area contributed by atoms with Crippen LogP contribution >= 0.6 is 0 Å². The Hall–Kier alpha value is -1.54. The van der Waals surface area contributed by atoms with E-state index in [1.165, 1.54) is 18.9 Å². The van der Waals surface area contributed by atoms with E-state index >= 15 is 0 Å². The van der Waals surface area contributed by atoms with Crippen molar-refractivity contribution in [2.45, 2.75) is 56.1 Å². The van der Waals surface area contributed by atoms with Crippen LogP contribution in [0, 0.1) is 17.7 Å². The van der Waals surface area contributed by atoms with E-state index in [1.807, 2.05) is 6.07 Å². The lowest BCUT2D eigenvalue weighted by atomic mass is 9.80. The van der Waals surface area contributed by atoms with Gasteiger partial charge in [0.2, 0.25) is 5.91 Å². The first-order valence-corrected chi connectivity index (χ1v) is 10.7. The number of nitrogens with one attached hydrogen (secondary N) is 4. The van der Waals surface area contributed by atoms with Gasteiger partial charge in [-0.15, -0.1) is 0 Å². The van der Waals surface area contributed by atoms with Crippen LogP contribution in [-0.2, 0) is 4.79 Å². The highest BCUT2D eigenvalue weighted by Crippen LogP contribution is 2.35. The fourth-order valence-corrected chi connectivity index (χ4v) is 5.81. The third-order valence-corrected chi connectivity index (χ3v) is 7.35. The number of halogens is 1. The van der Waals surface area contributed by atoms with E-state index in [0.717, 1.165) is 44.5 Å². The van der Waals surface area contributed by atoms with Crippen molar-refractivity contribution in [3.63, 3.8) is 0 Å². The Morgan fingerprint density at radius 2 is 1.93 bits per heavy atom. The summed E-state index contributed by atoms with van der Waals surface area (Å²) in [5, 5.41) is 0. The Bertz CT molecular complexity index is 723. The number of amides is 1. The zero-order valence-corrected chi connectivity index (χ0v) is 16.2. The maximum atomic E-state index is 13.7. The topological polar surface area (TPSA) is 68.4 Å². The summed E-state index contributed by atoms with van der Waals surface area (Å²) in [6.45, 7) is 2.44. The maximum absolute atomic E-state index is 13.7. The number of fused-ring (bicyclic) bond motifs is 1. The highest BCUT2D eigenvalue weighted by molar-refractivity contribution is 5.82. The number of carbonyl (C=O) groups is 1. The van der Waals surface area contributed by atoms with Crippen LogP contribution < -0.4 is 21.7 Å². The summed E-state index contributed by atoms with van der Waals surface area (Å²) in [7, 11) is 0. The third kappa shape index (κ3) is 3.34. The lowest BCUT2D eigenvalue weighted by Gasteiger charge is -2.38. The van der Waals surface area contributed by atoms with Crippen molar-refractivity contribution in [2.75, 3.05) is 19.6 Å². The maximum Gasteiger partial charge on any atom is 0.241 e. The van der Waals surface area contributed by atoms with Gasteiger partial charge in [0.15, 0.2) is 0 Å². The molecule has 1 amide bonds. The van der Waals surface area contributed by atoms with Crippen molar-refractivity contribution >= 4 is 5.91 Å². The molecular weight excluding hydrogens is 357 g/mol. The second-order valence-corrected chi connectivity index (χ2v) is 8.84. The number of hydrazine groups is 2. The van der Waals surface area contributed by atoms with Gasteiger partial charge in [-0.25, -0.2) is 9.82 Å². The molecule has 0 spiro atoms. The molecule has 1 aromatic rings. The molecule has 1 aliphatic carbocycles. The molecule has 3 saturated heterocycles. The van der Waals surface area contributed by atoms with E-state index in [4.69, 9.17) is 0 Å². The van der Waals surface area contributed by atoms with E-state index in [2.05, 4.69) is 26.6 Å². The number of benzene rings is 1. The van der Waals surface area contributed by atoms with Crippen molar-refractivity contribution in [3.8, 4) is 0 Å². The Morgan fingerprint density at radius 1 is 1.07 bits per heavy atom. The molecule has 28 heavy (non-hydrogen) atoms. The van der Waals surface area contributed by atoms with Gasteiger partial charge >= 0.3 is 0 Å². The van der Waals surface area contributed by atoms with Crippen molar-refractivity contribution < 1.29 is 9.18 Å². The standard InChI is InChI=1S/C21H30FN5O/c22-15-4-1-3-14(11-15)17-12-23-25-19(17)13-7-9-27(10-8-13)21(28)20-16-5-2-6-18(16)24-26-20/h1,3-4,11,13,16-20,23-26H,2,5-10,12H2. The smallest absolute Gasteiger partial charge is 0.241 e. The van der Waals surface area contributed by atoms with Crippen LogP contribution in [0.2, 0.25) is 0 Å². The molecule has 0 radical (unpaired) electrons. The van der Waals surface area contributed by atoms with E-state index in [-0.39, 0.29) is 29.7 Å². The van der Waals surface area contributed by atoms with Crippen molar-refractivity contribution in [1.82, 2.24) is 26.6 Å². The Labute approximate surface area is 165 Å². The first kappa shape index (κ1) is 18.5. The van der Waals surface area contributed by atoms with Gasteiger partial charge in [-0.3, -0.25) is 21.1 Å². The molecule has 1 aromatic carbocycles. The first-order valence-electron chi connectivity index (χ1n) is 10.7. The fraction of sp³-hybridized carbons (Fsp3) is 0.667. The molecule has 0 aromatic heterocycles. The third-order valence-electron chi connectivity index (χ3n) is 7.35. The second-order valence-electron chi connectivity index (χ2n) is 8.84. The van der Waals surface area contributed by atoms with Crippen LogP contribution in [0.25, 0.3) is 0 Å². The molecule has 6 nitrogen and oxygen atoms in total. The Balaban J connectivity index is 1.20. The zero-order chi connectivity index (χ0) is 19.1. The first-order chi connectivity index (χ1) is 13.7. The van der Waals surface area contributed by atoms with Gasteiger partial charge in [-0.1, -0.05) is 18.6 Å². The molecule has 1 saturated carbocycles. The predicted molar refractivity (Wildman–Crippen MR) is 105 cm³/mol. The molecule has 0 bridgehead atoms. The number of hydrogen-bond donors (Lipinski definition) is 4. The van der Waals surface area contributed by atoms with E-state index in [9.17, 15) is 9.18 Å². The summed E-state index contributed by atoms with van der Waals surface area (Å²) in [5.74, 6) is 1.29. The number of hydrogen-bond acceptors (Lipinski definition) is 5. The number of likely N-dealkylation sites (tertiary alicyclic amines) is 1. The van der Waals surface area contributed by atoms with Crippen LogP contribution in [-0.4, -0.2) is 48.6 Å². The predicted octanol–water partition coefficient (Wildman–Crippen LogP) is 1.27. The van der Waals surface area contributed by atoms with Crippen LogP contribution in [0.4, 0.5) is 4.39 Å². The van der Waals surface area contributed by atoms with Crippen LogP contribution in [0.3, 0.4) is 0 Å². The molecule has 4 aliphatic rings. The van der Waals surface area contributed by atoms with Gasteiger partial charge in [0.1, 0.15) is 11.9 Å². The molecule has 3 heterocycles. The molecule has 4 fully saturated rings. The summed E-state index contributed by atoms with van der Waals surface area (Å²) in [6, 6.07) is 7.65. The molecule has 5 atom stereocenters. The number of carbonyl (C=O) groups excluding carboxylic acids is 1. The minimum absolute atomic E-state index is 0.0598. The minimum atomic E-state index is -0.175. The fourth-order valence-electron chi connectivity index (χ4n) is 5.81. The summed E-state index contributed by atoms with van der Waals surface area (Å²) in [5.41, 5.74) is 14.3. The average molecular weight is 388 g/mol. The van der Waals surface area contributed by atoms with E-state index in [0.29, 0.717) is 17.9 Å². The lowest BCUT2D eigenvalue weighted by Crippen LogP contribution is -2.52. The number of piperidine rings is 1. The summed E-state index contributed by atoms with van der Waals surface area (Å²) >= 11 is 0. The molecule has 5 rings (SSSR count).